The van der Waals surface area contributed by atoms with E-state index in [0.717, 1.165) is 5.56 Å². The van der Waals surface area contributed by atoms with E-state index in [0.29, 0.717) is 0 Å². The number of rotatable bonds is 6. The molecule has 2 N–H and O–H groups in total. The summed E-state index contributed by atoms with van der Waals surface area (Å²) in [6.07, 6.45) is 3.05. The molecule has 0 radical (unpaired) electrons. The largest absolute Gasteiger partial charge is 0.391 e. The molecule has 1 rings (SSSR count). The van der Waals surface area contributed by atoms with E-state index in [1.54, 1.807) is 24.3 Å². The zero-order valence-electron chi connectivity index (χ0n) is 11.3. The van der Waals surface area contributed by atoms with Crippen molar-refractivity contribution in [3.8, 4) is 0 Å². The molecule has 1 unspecified atom stereocenters. The van der Waals surface area contributed by atoms with E-state index in [1.165, 1.54) is 12.1 Å². The zero-order chi connectivity index (χ0) is 14.3. The lowest BCUT2D eigenvalue weighted by atomic mass is 10.1. The first-order valence-corrected chi connectivity index (χ1v) is 6.36. The van der Waals surface area contributed by atoms with Crippen LogP contribution in [0.1, 0.15) is 25.8 Å². The summed E-state index contributed by atoms with van der Waals surface area (Å²) in [5.41, 5.74) is 0.718. The summed E-state index contributed by atoms with van der Waals surface area (Å²) in [5, 5.41) is 12.2. The number of aliphatic hydroxyl groups is 1. The molecule has 1 aromatic rings. The Bertz CT molecular complexity index is 444. The van der Waals surface area contributed by atoms with Crippen molar-refractivity contribution in [2.75, 3.05) is 6.54 Å². The van der Waals surface area contributed by atoms with Crippen LogP contribution in [-0.2, 0) is 4.79 Å². The number of amides is 1. The minimum atomic E-state index is -0.531. The van der Waals surface area contributed by atoms with Crippen molar-refractivity contribution in [1.82, 2.24) is 5.32 Å². The highest BCUT2D eigenvalue weighted by Gasteiger charge is 2.09. The van der Waals surface area contributed by atoms with Crippen LogP contribution in [-0.4, -0.2) is 23.7 Å². The van der Waals surface area contributed by atoms with Crippen molar-refractivity contribution in [1.29, 1.82) is 0 Å². The molecule has 0 aliphatic carbocycles. The van der Waals surface area contributed by atoms with E-state index >= 15 is 0 Å². The van der Waals surface area contributed by atoms with Crippen molar-refractivity contribution in [2.45, 2.75) is 26.4 Å². The van der Waals surface area contributed by atoms with Crippen LogP contribution in [0.3, 0.4) is 0 Å². The molecule has 0 fully saturated rings. The van der Waals surface area contributed by atoms with Crippen LogP contribution in [0.4, 0.5) is 4.39 Å². The van der Waals surface area contributed by atoms with Gasteiger partial charge in [0.15, 0.2) is 0 Å². The van der Waals surface area contributed by atoms with Gasteiger partial charge in [-0.3, -0.25) is 4.79 Å². The third-order valence-electron chi connectivity index (χ3n) is 2.74. The molecule has 0 bridgehead atoms. The lowest BCUT2D eigenvalue weighted by Crippen LogP contribution is -2.34. The number of benzene rings is 1. The number of aliphatic hydroxyl groups excluding tert-OH is 1. The third-order valence-corrected chi connectivity index (χ3v) is 2.74. The van der Waals surface area contributed by atoms with Crippen molar-refractivity contribution in [3.05, 3.63) is 41.7 Å². The minimum Gasteiger partial charge on any atom is -0.391 e. The van der Waals surface area contributed by atoms with Crippen molar-refractivity contribution in [3.63, 3.8) is 0 Å². The number of hydrogen-bond donors (Lipinski definition) is 2. The van der Waals surface area contributed by atoms with Crippen LogP contribution < -0.4 is 5.32 Å². The molecule has 0 aromatic heterocycles. The predicted molar refractivity (Wildman–Crippen MR) is 73.9 cm³/mol. The predicted octanol–water partition coefficient (Wildman–Crippen LogP) is 2.36. The van der Waals surface area contributed by atoms with E-state index in [1.807, 2.05) is 13.8 Å². The summed E-state index contributed by atoms with van der Waals surface area (Å²) in [5.74, 6) is -0.345. The van der Waals surface area contributed by atoms with E-state index in [2.05, 4.69) is 5.32 Å². The summed E-state index contributed by atoms with van der Waals surface area (Å²) in [7, 11) is 0. The Morgan fingerprint density at radius 1 is 1.47 bits per heavy atom. The van der Waals surface area contributed by atoms with E-state index in [9.17, 15) is 14.3 Å². The molecule has 104 valence electrons. The molecule has 0 spiro atoms. The molecule has 0 saturated carbocycles. The lowest BCUT2D eigenvalue weighted by Gasteiger charge is -2.14. The molecule has 3 nitrogen and oxygen atoms in total. The van der Waals surface area contributed by atoms with Gasteiger partial charge in [-0.05, 0) is 23.6 Å². The third kappa shape index (κ3) is 6.15. The molecule has 0 aliphatic heterocycles. The SMILES string of the molecule is CC(C)C(O)CNC(=O)C/C=C/c1cccc(F)c1. The average molecular weight is 265 g/mol. The number of hydrogen-bond acceptors (Lipinski definition) is 2. The molecular formula is C15H20FNO2. The average Bonchev–Trinajstić information content (AvgIpc) is 2.36. The second kappa shape index (κ2) is 7.69. The molecule has 1 atom stereocenters. The number of carbonyl (C=O) groups excluding carboxylic acids is 1. The van der Waals surface area contributed by atoms with Gasteiger partial charge in [0.1, 0.15) is 5.82 Å². The summed E-state index contributed by atoms with van der Waals surface area (Å²) in [6, 6.07) is 6.16. The molecule has 0 saturated heterocycles. The molecule has 4 heteroatoms. The fraction of sp³-hybridized carbons (Fsp3) is 0.400. The smallest absolute Gasteiger partial charge is 0.223 e. The second-order valence-electron chi connectivity index (χ2n) is 4.78. The van der Waals surface area contributed by atoms with Crippen LogP contribution in [0.5, 0.6) is 0 Å². The molecule has 0 heterocycles. The Hall–Kier alpha value is -1.68. The second-order valence-corrected chi connectivity index (χ2v) is 4.78. The van der Waals surface area contributed by atoms with Crippen molar-refractivity contribution < 1.29 is 14.3 Å². The van der Waals surface area contributed by atoms with Gasteiger partial charge in [-0.25, -0.2) is 4.39 Å². The highest BCUT2D eigenvalue weighted by atomic mass is 19.1. The summed E-state index contributed by atoms with van der Waals surface area (Å²) < 4.78 is 12.9. The maximum atomic E-state index is 12.9. The van der Waals surface area contributed by atoms with Gasteiger partial charge in [0.2, 0.25) is 5.91 Å². The first-order chi connectivity index (χ1) is 8.99. The minimum absolute atomic E-state index is 0.114. The van der Waals surface area contributed by atoms with E-state index in [4.69, 9.17) is 0 Å². The van der Waals surface area contributed by atoms with Crippen LogP contribution >= 0.6 is 0 Å². The highest BCUT2D eigenvalue weighted by Crippen LogP contribution is 2.06. The number of carbonyl (C=O) groups is 1. The molecular weight excluding hydrogens is 245 g/mol. The van der Waals surface area contributed by atoms with Gasteiger partial charge in [-0.15, -0.1) is 0 Å². The monoisotopic (exact) mass is 265 g/mol. The number of nitrogens with one attached hydrogen (secondary N) is 1. The van der Waals surface area contributed by atoms with E-state index < -0.39 is 6.10 Å². The van der Waals surface area contributed by atoms with Gasteiger partial charge >= 0.3 is 0 Å². The van der Waals surface area contributed by atoms with Crippen molar-refractivity contribution >= 4 is 12.0 Å². The van der Waals surface area contributed by atoms with Gasteiger partial charge < -0.3 is 10.4 Å². The van der Waals surface area contributed by atoms with Gasteiger partial charge in [-0.2, -0.15) is 0 Å². The Balaban J connectivity index is 2.34. The maximum absolute atomic E-state index is 12.9. The lowest BCUT2D eigenvalue weighted by molar-refractivity contribution is -0.120. The highest BCUT2D eigenvalue weighted by molar-refractivity contribution is 5.78. The van der Waals surface area contributed by atoms with Crippen LogP contribution in [0, 0.1) is 11.7 Å². The molecule has 1 aromatic carbocycles. The molecule has 1 amide bonds. The van der Waals surface area contributed by atoms with Gasteiger partial charge in [0.25, 0.3) is 0 Å². The molecule has 0 aliphatic rings. The van der Waals surface area contributed by atoms with Gasteiger partial charge in [-0.1, -0.05) is 38.1 Å². The topological polar surface area (TPSA) is 49.3 Å². The fourth-order valence-corrected chi connectivity index (χ4v) is 1.44. The van der Waals surface area contributed by atoms with E-state index in [-0.39, 0.29) is 30.6 Å². The Kier molecular flexibility index (Phi) is 6.22. The van der Waals surface area contributed by atoms with Crippen LogP contribution in [0.25, 0.3) is 6.08 Å². The normalized spacial score (nSPS) is 12.9. The Morgan fingerprint density at radius 2 is 2.21 bits per heavy atom. The standard InChI is InChI=1S/C15H20FNO2/c1-11(2)14(18)10-17-15(19)8-4-6-12-5-3-7-13(16)9-12/h3-7,9,11,14,18H,8,10H2,1-2H3,(H,17,19)/b6-4+. The summed E-state index contributed by atoms with van der Waals surface area (Å²) in [4.78, 5) is 11.5. The fourth-order valence-electron chi connectivity index (χ4n) is 1.44. The van der Waals surface area contributed by atoms with Crippen molar-refractivity contribution in [2.24, 2.45) is 5.92 Å². The van der Waals surface area contributed by atoms with Crippen LogP contribution in [0.15, 0.2) is 30.3 Å². The number of halogens is 1. The first-order valence-electron chi connectivity index (χ1n) is 6.36. The first kappa shape index (κ1) is 15.4. The zero-order valence-corrected chi connectivity index (χ0v) is 11.3. The molecule has 19 heavy (non-hydrogen) atoms. The quantitative estimate of drug-likeness (QED) is 0.829. The maximum Gasteiger partial charge on any atom is 0.223 e. The van der Waals surface area contributed by atoms with Crippen LogP contribution in [0.2, 0.25) is 0 Å². The van der Waals surface area contributed by atoms with Gasteiger partial charge in [0.05, 0.1) is 6.10 Å². The summed E-state index contributed by atoms with van der Waals surface area (Å²) in [6.45, 7) is 4.03. The Morgan fingerprint density at radius 3 is 2.84 bits per heavy atom. The summed E-state index contributed by atoms with van der Waals surface area (Å²) >= 11 is 0. The Labute approximate surface area is 113 Å². The van der Waals surface area contributed by atoms with Gasteiger partial charge in [0, 0.05) is 13.0 Å².